The first-order valence-electron chi connectivity index (χ1n) is 7.48. The molecule has 0 amide bonds. The molecule has 0 aliphatic carbocycles. The Morgan fingerprint density at radius 2 is 1.95 bits per heavy atom. The molecule has 0 atom stereocenters. The minimum Gasteiger partial charge on any atom is -0.497 e. The predicted molar refractivity (Wildman–Crippen MR) is 83.1 cm³/mol. The van der Waals surface area contributed by atoms with Crippen LogP contribution in [0.5, 0.6) is 11.5 Å². The highest BCUT2D eigenvalue weighted by Gasteiger charge is 2.21. The Morgan fingerprint density at radius 1 is 1.20 bits per heavy atom. The van der Waals surface area contributed by atoms with Crippen LogP contribution in [-0.4, -0.2) is 39.9 Å². The van der Waals surface area contributed by atoms with E-state index in [1.165, 1.54) is 24.9 Å². The highest BCUT2D eigenvalue weighted by molar-refractivity contribution is 5.61. The van der Waals surface area contributed by atoms with Gasteiger partial charge >= 0.3 is 0 Å². The Morgan fingerprint density at radius 3 is 2.55 bits per heavy atom. The third-order valence-corrected chi connectivity index (χ3v) is 3.91. The molecule has 1 fully saturated rings. The van der Waals surface area contributed by atoms with Gasteiger partial charge in [0.25, 0.3) is 0 Å². The Bertz CT molecular complexity index is 415. The minimum absolute atomic E-state index is 0.662. The number of methoxy groups -OCH3 is 2. The molecule has 112 valence electrons. The third kappa shape index (κ3) is 3.57. The van der Waals surface area contributed by atoms with Gasteiger partial charge in [0.05, 0.1) is 19.9 Å². The molecule has 0 unspecified atom stereocenters. The molecule has 1 N–H and O–H groups in total. The molecule has 0 saturated carbocycles. The van der Waals surface area contributed by atoms with Crippen LogP contribution >= 0.6 is 0 Å². The zero-order chi connectivity index (χ0) is 14.4. The van der Waals surface area contributed by atoms with Crippen molar-refractivity contribution in [3.8, 4) is 11.5 Å². The zero-order valence-corrected chi connectivity index (χ0v) is 12.8. The topological polar surface area (TPSA) is 33.7 Å². The van der Waals surface area contributed by atoms with E-state index in [4.69, 9.17) is 9.47 Å². The molecule has 1 saturated heterocycles. The summed E-state index contributed by atoms with van der Waals surface area (Å²) in [6, 6.07) is 6.71. The van der Waals surface area contributed by atoms with Crippen molar-refractivity contribution in [3.63, 3.8) is 0 Å². The third-order valence-electron chi connectivity index (χ3n) is 3.91. The first-order valence-corrected chi connectivity index (χ1v) is 7.48. The number of piperidine rings is 1. The fourth-order valence-electron chi connectivity index (χ4n) is 2.72. The van der Waals surface area contributed by atoms with E-state index in [0.29, 0.717) is 6.04 Å². The van der Waals surface area contributed by atoms with Crippen LogP contribution in [0.2, 0.25) is 0 Å². The normalized spacial score (nSPS) is 16.2. The van der Waals surface area contributed by atoms with Gasteiger partial charge in [-0.05, 0) is 37.9 Å². The Balaban J connectivity index is 1.99. The number of nitrogens with one attached hydrogen (secondary N) is 1. The average molecular weight is 278 g/mol. The van der Waals surface area contributed by atoms with E-state index in [1.807, 2.05) is 12.1 Å². The van der Waals surface area contributed by atoms with E-state index < -0.39 is 0 Å². The average Bonchev–Trinajstić information content (AvgIpc) is 2.52. The number of ether oxygens (including phenoxy) is 2. The van der Waals surface area contributed by atoms with Crippen molar-refractivity contribution in [3.05, 3.63) is 18.2 Å². The number of hydrogen-bond acceptors (Lipinski definition) is 4. The van der Waals surface area contributed by atoms with E-state index in [2.05, 4.69) is 23.2 Å². The van der Waals surface area contributed by atoms with E-state index >= 15 is 0 Å². The summed E-state index contributed by atoms with van der Waals surface area (Å²) in [5, 5.41) is 3.61. The van der Waals surface area contributed by atoms with Crippen LogP contribution in [0.25, 0.3) is 0 Å². The summed E-state index contributed by atoms with van der Waals surface area (Å²) in [7, 11) is 3.40. The van der Waals surface area contributed by atoms with Crippen LogP contribution in [0.4, 0.5) is 5.69 Å². The molecule has 2 rings (SSSR count). The first kappa shape index (κ1) is 15.0. The van der Waals surface area contributed by atoms with Crippen LogP contribution in [0, 0.1) is 0 Å². The van der Waals surface area contributed by atoms with Crippen molar-refractivity contribution in [2.24, 2.45) is 0 Å². The van der Waals surface area contributed by atoms with E-state index in [1.54, 1.807) is 14.2 Å². The predicted octanol–water partition coefficient (Wildman–Crippen LogP) is 2.67. The van der Waals surface area contributed by atoms with Crippen molar-refractivity contribution in [2.75, 3.05) is 38.8 Å². The maximum Gasteiger partial charge on any atom is 0.145 e. The van der Waals surface area contributed by atoms with E-state index in [0.717, 1.165) is 31.1 Å². The van der Waals surface area contributed by atoms with Crippen LogP contribution < -0.4 is 19.7 Å². The Kier molecular flexibility index (Phi) is 5.53. The smallest absolute Gasteiger partial charge is 0.145 e. The molecule has 0 radical (unpaired) electrons. The summed E-state index contributed by atoms with van der Waals surface area (Å²) in [6.07, 6.45) is 3.58. The minimum atomic E-state index is 0.662. The fraction of sp³-hybridized carbons (Fsp3) is 0.625. The Labute approximate surface area is 122 Å². The molecule has 1 heterocycles. The molecule has 1 aliphatic heterocycles. The molecular weight excluding hydrogens is 252 g/mol. The molecular formula is C16H26N2O2. The van der Waals surface area contributed by atoms with Crippen LogP contribution in [0.15, 0.2) is 18.2 Å². The van der Waals surface area contributed by atoms with Gasteiger partial charge in [-0.3, -0.25) is 0 Å². The largest absolute Gasteiger partial charge is 0.497 e. The monoisotopic (exact) mass is 278 g/mol. The highest BCUT2D eigenvalue weighted by Crippen LogP contribution is 2.33. The number of rotatable bonds is 6. The maximum atomic E-state index is 5.50. The van der Waals surface area contributed by atoms with Crippen molar-refractivity contribution in [1.29, 1.82) is 0 Å². The van der Waals surface area contributed by atoms with Gasteiger partial charge in [-0.2, -0.15) is 0 Å². The van der Waals surface area contributed by atoms with E-state index in [9.17, 15) is 0 Å². The molecule has 0 spiro atoms. The molecule has 4 heteroatoms. The van der Waals surface area contributed by atoms with Crippen molar-refractivity contribution in [1.82, 2.24) is 5.32 Å². The lowest BCUT2D eigenvalue weighted by molar-refractivity contribution is 0.387. The summed E-state index contributed by atoms with van der Waals surface area (Å²) >= 11 is 0. The number of nitrogens with zero attached hydrogens (tertiary/aromatic N) is 1. The standard InChI is InChI=1S/C16H26N2O2/c1-4-9-17-13-7-10-18(11-8-13)15-6-5-14(19-2)12-16(15)20-3/h5-6,12-13,17H,4,7-11H2,1-3H3. The molecule has 20 heavy (non-hydrogen) atoms. The summed E-state index contributed by atoms with van der Waals surface area (Å²) in [6.45, 7) is 5.48. The second kappa shape index (κ2) is 7.39. The second-order valence-corrected chi connectivity index (χ2v) is 5.25. The van der Waals surface area contributed by atoms with E-state index in [-0.39, 0.29) is 0 Å². The van der Waals surface area contributed by atoms with Crippen LogP contribution in [-0.2, 0) is 0 Å². The summed E-state index contributed by atoms with van der Waals surface area (Å²) in [4.78, 5) is 2.41. The number of benzene rings is 1. The lowest BCUT2D eigenvalue weighted by atomic mass is 10.0. The van der Waals surface area contributed by atoms with Crippen molar-refractivity contribution in [2.45, 2.75) is 32.2 Å². The zero-order valence-electron chi connectivity index (χ0n) is 12.8. The van der Waals surface area contributed by atoms with Gasteiger partial charge in [0.2, 0.25) is 0 Å². The lowest BCUT2D eigenvalue weighted by Gasteiger charge is -2.34. The highest BCUT2D eigenvalue weighted by atomic mass is 16.5. The lowest BCUT2D eigenvalue weighted by Crippen LogP contribution is -2.42. The molecule has 1 aliphatic rings. The van der Waals surface area contributed by atoms with Gasteiger partial charge in [-0.25, -0.2) is 0 Å². The van der Waals surface area contributed by atoms with Gasteiger partial charge in [0, 0.05) is 25.2 Å². The summed E-state index contributed by atoms with van der Waals surface area (Å²) < 4.78 is 10.7. The Hall–Kier alpha value is -1.42. The van der Waals surface area contributed by atoms with Crippen LogP contribution in [0.3, 0.4) is 0 Å². The van der Waals surface area contributed by atoms with Crippen LogP contribution in [0.1, 0.15) is 26.2 Å². The quantitative estimate of drug-likeness (QED) is 0.867. The van der Waals surface area contributed by atoms with Crippen molar-refractivity contribution >= 4 is 5.69 Å². The molecule has 1 aromatic carbocycles. The van der Waals surface area contributed by atoms with Gasteiger partial charge in [-0.15, -0.1) is 0 Å². The maximum absolute atomic E-state index is 5.50. The van der Waals surface area contributed by atoms with Gasteiger partial charge in [0.1, 0.15) is 11.5 Å². The SMILES string of the molecule is CCCNC1CCN(c2ccc(OC)cc2OC)CC1. The molecule has 0 aromatic heterocycles. The van der Waals surface area contributed by atoms with Gasteiger partial charge < -0.3 is 19.7 Å². The molecule has 4 nitrogen and oxygen atoms in total. The second-order valence-electron chi connectivity index (χ2n) is 5.25. The van der Waals surface area contributed by atoms with Gasteiger partial charge in [-0.1, -0.05) is 6.92 Å². The fourth-order valence-corrected chi connectivity index (χ4v) is 2.72. The summed E-state index contributed by atoms with van der Waals surface area (Å²) in [5.41, 5.74) is 1.17. The molecule has 1 aromatic rings. The first-order chi connectivity index (χ1) is 9.78. The van der Waals surface area contributed by atoms with Crippen molar-refractivity contribution < 1.29 is 9.47 Å². The molecule has 0 bridgehead atoms. The summed E-state index contributed by atoms with van der Waals surface area (Å²) in [5.74, 6) is 1.73. The number of anilines is 1. The van der Waals surface area contributed by atoms with Gasteiger partial charge in [0.15, 0.2) is 0 Å². The number of hydrogen-bond donors (Lipinski definition) is 1.